The summed E-state index contributed by atoms with van der Waals surface area (Å²) in [6.45, 7) is 3.96. The fraction of sp³-hybridized carbons (Fsp3) is 0.333. The first kappa shape index (κ1) is 18.3. The highest BCUT2D eigenvalue weighted by Gasteiger charge is 2.28. The van der Waals surface area contributed by atoms with Crippen LogP contribution in [0.5, 0.6) is 0 Å². The average molecular weight is 419 g/mol. The van der Waals surface area contributed by atoms with Crippen LogP contribution in [0.3, 0.4) is 0 Å². The Kier molecular flexibility index (Phi) is 5.82. The van der Waals surface area contributed by atoms with Gasteiger partial charge in [0.2, 0.25) is 5.95 Å². The van der Waals surface area contributed by atoms with Crippen molar-refractivity contribution >= 4 is 33.8 Å². The Morgan fingerprint density at radius 2 is 1.69 bits per heavy atom. The minimum atomic E-state index is -0.828. The maximum Gasteiger partial charge on any atom is 0.338 e. The largest absolute Gasteiger partial charge is 0.449 e. The van der Waals surface area contributed by atoms with Crippen molar-refractivity contribution in [1.29, 1.82) is 0 Å². The predicted octanol–water partition coefficient (Wildman–Crippen LogP) is 2.13. The Bertz CT molecular complexity index is 762. The van der Waals surface area contributed by atoms with Gasteiger partial charge < -0.3 is 14.5 Å². The number of esters is 1. The zero-order valence-corrected chi connectivity index (χ0v) is 15.9. The third kappa shape index (κ3) is 4.37. The van der Waals surface area contributed by atoms with Gasteiger partial charge in [0.15, 0.2) is 6.10 Å². The number of nitrogens with zero attached hydrogens (tertiary/aromatic N) is 4. The number of aromatic nitrogens is 2. The molecule has 0 radical (unpaired) electrons. The minimum absolute atomic E-state index is 0.191. The molecule has 1 aromatic carbocycles. The molecule has 7 nitrogen and oxygen atoms in total. The summed E-state index contributed by atoms with van der Waals surface area (Å²) < 4.78 is 6.19. The number of hydrogen-bond donors (Lipinski definition) is 0. The highest BCUT2D eigenvalue weighted by atomic mass is 79.9. The molecular weight excluding hydrogens is 400 g/mol. The quantitative estimate of drug-likeness (QED) is 0.707. The molecule has 1 aromatic heterocycles. The van der Waals surface area contributed by atoms with Crippen LogP contribution in [0.2, 0.25) is 0 Å². The first-order valence-electron chi connectivity index (χ1n) is 8.32. The molecule has 136 valence electrons. The topological polar surface area (TPSA) is 75.6 Å². The maximum atomic E-state index is 12.6. The van der Waals surface area contributed by atoms with E-state index in [2.05, 4.69) is 25.9 Å². The molecule has 1 aliphatic heterocycles. The van der Waals surface area contributed by atoms with Gasteiger partial charge in [-0.2, -0.15) is 0 Å². The highest BCUT2D eigenvalue weighted by molar-refractivity contribution is 9.10. The molecule has 1 saturated heterocycles. The van der Waals surface area contributed by atoms with E-state index in [1.54, 1.807) is 54.5 Å². The monoisotopic (exact) mass is 418 g/mol. The molecule has 0 aliphatic carbocycles. The molecule has 2 aromatic rings. The number of piperazine rings is 1. The van der Waals surface area contributed by atoms with E-state index in [1.807, 2.05) is 4.90 Å². The third-order valence-electron chi connectivity index (χ3n) is 4.14. The van der Waals surface area contributed by atoms with Gasteiger partial charge in [-0.3, -0.25) is 4.79 Å². The van der Waals surface area contributed by atoms with Gasteiger partial charge in [0.1, 0.15) is 0 Å². The van der Waals surface area contributed by atoms with E-state index in [4.69, 9.17) is 4.74 Å². The van der Waals surface area contributed by atoms with E-state index < -0.39 is 12.1 Å². The number of rotatable bonds is 4. The average Bonchev–Trinajstić information content (AvgIpc) is 2.68. The summed E-state index contributed by atoms with van der Waals surface area (Å²) in [6, 6.07) is 8.59. The summed E-state index contributed by atoms with van der Waals surface area (Å²) >= 11 is 3.32. The number of amides is 1. The smallest absolute Gasteiger partial charge is 0.338 e. The third-order valence-corrected chi connectivity index (χ3v) is 4.67. The van der Waals surface area contributed by atoms with E-state index >= 15 is 0 Å². The fourth-order valence-electron chi connectivity index (χ4n) is 2.70. The number of benzene rings is 1. The lowest BCUT2D eigenvalue weighted by atomic mass is 10.2. The molecule has 1 unspecified atom stereocenters. The molecule has 0 spiro atoms. The first-order chi connectivity index (χ1) is 12.5. The van der Waals surface area contributed by atoms with E-state index in [0.29, 0.717) is 37.7 Å². The van der Waals surface area contributed by atoms with Crippen molar-refractivity contribution in [3.8, 4) is 0 Å². The van der Waals surface area contributed by atoms with E-state index in [9.17, 15) is 9.59 Å². The Balaban J connectivity index is 1.53. The van der Waals surface area contributed by atoms with E-state index in [-0.39, 0.29) is 5.91 Å². The summed E-state index contributed by atoms with van der Waals surface area (Å²) in [5.41, 5.74) is 0.416. The second-order valence-corrected chi connectivity index (χ2v) is 6.83. The standard InChI is InChI=1S/C18H19BrN4O3/c1-13(26-17(25)14-3-5-15(19)6-4-14)16(24)22-9-11-23(12-10-22)18-20-7-2-8-21-18/h2-8,13H,9-12H2,1H3. The second kappa shape index (κ2) is 8.27. The lowest BCUT2D eigenvalue weighted by Gasteiger charge is -2.35. The Labute approximate surface area is 160 Å². The summed E-state index contributed by atoms with van der Waals surface area (Å²) in [5, 5.41) is 0. The number of ether oxygens (including phenoxy) is 1. The SMILES string of the molecule is CC(OC(=O)c1ccc(Br)cc1)C(=O)N1CCN(c2ncccn2)CC1. The maximum absolute atomic E-state index is 12.6. The van der Waals surface area contributed by atoms with Crippen molar-refractivity contribution in [2.45, 2.75) is 13.0 Å². The van der Waals surface area contributed by atoms with Crippen molar-refractivity contribution in [2.24, 2.45) is 0 Å². The van der Waals surface area contributed by atoms with Crippen LogP contribution in [0.1, 0.15) is 17.3 Å². The van der Waals surface area contributed by atoms with Crippen LogP contribution in [0, 0.1) is 0 Å². The van der Waals surface area contributed by atoms with Gasteiger partial charge >= 0.3 is 5.97 Å². The number of carbonyl (C=O) groups is 2. The molecule has 8 heteroatoms. The van der Waals surface area contributed by atoms with Gasteiger partial charge in [-0.15, -0.1) is 0 Å². The van der Waals surface area contributed by atoms with Crippen molar-refractivity contribution in [3.05, 3.63) is 52.8 Å². The highest BCUT2D eigenvalue weighted by Crippen LogP contribution is 2.14. The van der Waals surface area contributed by atoms with Gasteiger partial charge in [-0.25, -0.2) is 14.8 Å². The van der Waals surface area contributed by atoms with Crippen molar-refractivity contribution in [2.75, 3.05) is 31.1 Å². The van der Waals surface area contributed by atoms with Gasteiger partial charge in [-0.1, -0.05) is 15.9 Å². The van der Waals surface area contributed by atoms with Crippen molar-refractivity contribution in [3.63, 3.8) is 0 Å². The number of anilines is 1. The number of hydrogen-bond acceptors (Lipinski definition) is 6. The summed E-state index contributed by atoms with van der Waals surface area (Å²) in [7, 11) is 0. The molecule has 0 saturated carbocycles. The second-order valence-electron chi connectivity index (χ2n) is 5.92. The van der Waals surface area contributed by atoms with Gasteiger partial charge in [0.25, 0.3) is 5.91 Å². The van der Waals surface area contributed by atoms with Gasteiger partial charge in [0.05, 0.1) is 5.56 Å². The first-order valence-corrected chi connectivity index (χ1v) is 9.11. The van der Waals surface area contributed by atoms with E-state index in [0.717, 1.165) is 4.47 Å². The Morgan fingerprint density at radius 3 is 2.31 bits per heavy atom. The number of carbonyl (C=O) groups excluding carboxylic acids is 2. The summed E-state index contributed by atoms with van der Waals surface area (Å²) in [5.74, 6) is -0.0342. The van der Waals surface area contributed by atoms with Crippen LogP contribution in [0.15, 0.2) is 47.2 Å². The van der Waals surface area contributed by atoms with Crippen LogP contribution in [-0.4, -0.2) is 59.0 Å². The van der Waals surface area contributed by atoms with Crippen LogP contribution >= 0.6 is 15.9 Å². The molecule has 26 heavy (non-hydrogen) atoms. The van der Waals surface area contributed by atoms with Crippen LogP contribution in [0.25, 0.3) is 0 Å². The molecule has 1 fully saturated rings. The molecule has 1 atom stereocenters. The molecule has 0 N–H and O–H groups in total. The Morgan fingerprint density at radius 1 is 1.08 bits per heavy atom. The molecule has 0 bridgehead atoms. The van der Waals surface area contributed by atoms with Crippen LogP contribution in [0.4, 0.5) is 5.95 Å². The molecular formula is C18H19BrN4O3. The van der Waals surface area contributed by atoms with Crippen LogP contribution < -0.4 is 4.90 Å². The molecule has 1 amide bonds. The van der Waals surface area contributed by atoms with Crippen molar-refractivity contribution < 1.29 is 14.3 Å². The normalized spacial score (nSPS) is 15.5. The zero-order valence-electron chi connectivity index (χ0n) is 14.3. The van der Waals surface area contributed by atoms with Crippen LogP contribution in [-0.2, 0) is 9.53 Å². The van der Waals surface area contributed by atoms with Gasteiger partial charge in [-0.05, 0) is 37.3 Å². The number of halogens is 1. The van der Waals surface area contributed by atoms with Crippen molar-refractivity contribution in [1.82, 2.24) is 14.9 Å². The summed E-state index contributed by atoms with van der Waals surface area (Å²) in [6.07, 6.45) is 2.57. The molecule has 3 rings (SSSR count). The lowest BCUT2D eigenvalue weighted by molar-refractivity contribution is -0.140. The lowest BCUT2D eigenvalue weighted by Crippen LogP contribution is -2.52. The molecule has 1 aliphatic rings. The minimum Gasteiger partial charge on any atom is -0.449 e. The van der Waals surface area contributed by atoms with Gasteiger partial charge in [0, 0.05) is 43.0 Å². The fourth-order valence-corrected chi connectivity index (χ4v) is 2.97. The van der Waals surface area contributed by atoms with E-state index in [1.165, 1.54) is 0 Å². The zero-order chi connectivity index (χ0) is 18.5. The summed E-state index contributed by atoms with van der Waals surface area (Å²) in [4.78, 5) is 36.9. The Hall–Kier alpha value is -2.48. The predicted molar refractivity (Wildman–Crippen MR) is 99.8 cm³/mol. The molecule has 2 heterocycles.